The third kappa shape index (κ3) is 9.03. The Morgan fingerprint density at radius 3 is 2.48 bits per heavy atom. The molecule has 2 aliphatic rings. The van der Waals surface area contributed by atoms with Gasteiger partial charge in [0.15, 0.2) is 0 Å². The summed E-state index contributed by atoms with van der Waals surface area (Å²) in [4.78, 5) is 42.1. The fourth-order valence-corrected chi connectivity index (χ4v) is 7.77. The van der Waals surface area contributed by atoms with E-state index < -0.39 is 6.09 Å². The molecule has 2 amide bonds. The first-order chi connectivity index (χ1) is 23.4. The Bertz CT molecular complexity index is 1730. The van der Waals surface area contributed by atoms with Crippen LogP contribution in [-0.2, 0) is 16.0 Å². The summed E-state index contributed by atoms with van der Waals surface area (Å²) < 4.78 is 6.59. The van der Waals surface area contributed by atoms with Gasteiger partial charge in [-0.15, -0.1) is 0 Å². The molecule has 1 saturated heterocycles. The molecule has 0 unspecified atom stereocenters. The molecule has 254 valence electrons. The van der Waals surface area contributed by atoms with Gasteiger partial charge in [0.05, 0.1) is 10.4 Å². The van der Waals surface area contributed by atoms with E-state index >= 15 is 0 Å². The number of para-hydroxylation sites is 1. The van der Waals surface area contributed by atoms with Crippen molar-refractivity contribution in [2.75, 3.05) is 38.0 Å². The molecule has 48 heavy (non-hydrogen) atoms. The lowest BCUT2D eigenvalue weighted by atomic mass is 9.86. The second-order valence-corrected chi connectivity index (χ2v) is 13.9. The average Bonchev–Trinajstić information content (AvgIpc) is 3.51. The highest BCUT2D eigenvalue weighted by Crippen LogP contribution is 2.29. The zero-order chi connectivity index (χ0) is 33.3. The van der Waals surface area contributed by atoms with Crippen LogP contribution >= 0.6 is 11.3 Å². The molecule has 0 atom stereocenters. The maximum atomic E-state index is 12.7. The van der Waals surface area contributed by atoms with Gasteiger partial charge in [-0.3, -0.25) is 14.9 Å². The molecule has 6 rings (SSSR count). The molecule has 2 heterocycles. The molecule has 0 spiro atoms. The van der Waals surface area contributed by atoms with Gasteiger partial charge in [0.1, 0.15) is 17.4 Å². The number of piperidine rings is 1. The Morgan fingerprint density at radius 1 is 0.938 bits per heavy atom. The number of amides is 2. The van der Waals surface area contributed by atoms with E-state index in [1.807, 2.05) is 60.7 Å². The molecular formula is C37H45N5O5S. The van der Waals surface area contributed by atoms with Gasteiger partial charge in [-0.2, -0.15) is 0 Å². The minimum Gasteiger partial charge on any atom is -0.506 e. The maximum absolute atomic E-state index is 12.7. The summed E-state index contributed by atoms with van der Waals surface area (Å²) in [6.07, 6.45) is 6.35. The molecule has 2 fully saturated rings. The van der Waals surface area contributed by atoms with E-state index in [0.29, 0.717) is 24.4 Å². The highest BCUT2D eigenvalue weighted by Gasteiger charge is 2.25. The Morgan fingerprint density at radius 2 is 1.69 bits per heavy atom. The number of benzene rings is 3. The van der Waals surface area contributed by atoms with Crippen LogP contribution in [-0.4, -0.2) is 71.9 Å². The van der Waals surface area contributed by atoms with Gasteiger partial charge in [0.2, 0.25) is 5.91 Å². The molecular weight excluding hydrogens is 627 g/mol. The van der Waals surface area contributed by atoms with Crippen LogP contribution in [0.1, 0.15) is 50.5 Å². The van der Waals surface area contributed by atoms with Crippen LogP contribution < -0.4 is 20.8 Å². The van der Waals surface area contributed by atoms with Gasteiger partial charge in [0.25, 0.3) is 0 Å². The highest BCUT2D eigenvalue weighted by molar-refractivity contribution is 7.16. The number of likely N-dealkylation sites (tertiary alicyclic amines) is 1. The molecule has 1 aromatic heterocycles. The number of hydrogen-bond donors (Lipinski definition) is 5. The summed E-state index contributed by atoms with van der Waals surface area (Å²) in [6.45, 7) is 4.05. The van der Waals surface area contributed by atoms with Crippen molar-refractivity contribution in [2.24, 2.45) is 5.92 Å². The molecule has 1 saturated carbocycles. The molecule has 10 nitrogen and oxygen atoms in total. The van der Waals surface area contributed by atoms with Crippen LogP contribution in [0.5, 0.6) is 5.75 Å². The molecule has 0 radical (unpaired) electrons. The number of hydrogen-bond acceptors (Lipinski definition) is 8. The number of ether oxygens (including phenoxy) is 1. The van der Waals surface area contributed by atoms with E-state index in [1.54, 1.807) is 6.07 Å². The van der Waals surface area contributed by atoms with Gasteiger partial charge < -0.3 is 30.4 Å². The van der Waals surface area contributed by atoms with Crippen LogP contribution in [0, 0.1) is 5.92 Å². The minimum atomic E-state index is -0.436. The second kappa shape index (κ2) is 16.3. The van der Waals surface area contributed by atoms with E-state index in [-0.39, 0.29) is 28.7 Å². The zero-order valence-electron chi connectivity index (χ0n) is 27.2. The Kier molecular flexibility index (Phi) is 11.4. The number of fused-ring (bicyclic) bond motifs is 1. The van der Waals surface area contributed by atoms with Crippen molar-refractivity contribution < 1.29 is 19.4 Å². The Balaban J connectivity index is 0.830. The topological polar surface area (TPSA) is 136 Å². The van der Waals surface area contributed by atoms with Gasteiger partial charge >= 0.3 is 11.0 Å². The number of nitrogens with zero attached hydrogens (tertiary/aromatic N) is 1. The van der Waals surface area contributed by atoms with E-state index in [9.17, 15) is 19.5 Å². The zero-order valence-corrected chi connectivity index (χ0v) is 28.0. The summed E-state index contributed by atoms with van der Waals surface area (Å²) in [5, 5.41) is 19.7. The number of aromatic amines is 1. The minimum absolute atomic E-state index is 0.110. The van der Waals surface area contributed by atoms with Crippen molar-refractivity contribution in [3.05, 3.63) is 82.0 Å². The quantitative estimate of drug-likeness (QED) is 0.119. The molecule has 3 aromatic carbocycles. The summed E-state index contributed by atoms with van der Waals surface area (Å²) in [6, 6.07) is 21.5. The number of anilines is 1. The largest absolute Gasteiger partial charge is 0.506 e. The predicted molar refractivity (Wildman–Crippen MR) is 191 cm³/mol. The van der Waals surface area contributed by atoms with Gasteiger partial charge in [0, 0.05) is 37.7 Å². The van der Waals surface area contributed by atoms with Crippen molar-refractivity contribution in [3.8, 4) is 16.9 Å². The molecule has 4 aromatic rings. The fraction of sp³-hybridized carbons (Fsp3) is 0.432. The first-order valence-corrected chi connectivity index (χ1v) is 17.9. The van der Waals surface area contributed by atoms with Crippen LogP contribution in [0.25, 0.3) is 21.3 Å². The van der Waals surface area contributed by atoms with Gasteiger partial charge in [-0.1, -0.05) is 65.9 Å². The molecule has 0 bridgehead atoms. The molecule has 5 N–H and O–H groups in total. The smallest absolute Gasteiger partial charge is 0.411 e. The maximum Gasteiger partial charge on any atom is 0.411 e. The third-order valence-electron chi connectivity index (χ3n) is 9.57. The lowest BCUT2D eigenvalue weighted by Crippen LogP contribution is -2.42. The highest BCUT2D eigenvalue weighted by atomic mass is 32.1. The van der Waals surface area contributed by atoms with Crippen LogP contribution in [0.15, 0.2) is 71.5 Å². The number of nitrogens with one attached hydrogen (secondary N) is 4. The van der Waals surface area contributed by atoms with E-state index in [2.05, 4.69) is 25.8 Å². The van der Waals surface area contributed by atoms with E-state index in [1.165, 1.54) is 0 Å². The van der Waals surface area contributed by atoms with Gasteiger partial charge in [-0.05, 0) is 87.2 Å². The van der Waals surface area contributed by atoms with Crippen LogP contribution in [0.2, 0.25) is 0 Å². The number of aromatic nitrogens is 1. The van der Waals surface area contributed by atoms with E-state index in [4.69, 9.17) is 4.74 Å². The van der Waals surface area contributed by atoms with Crippen molar-refractivity contribution in [3.63, 3.8) is 0 Å². The lowest BCUT2D eigenvalue weighted by Gasteiger charge is -2.32. The first-order valence-electron chi connectivity index (χ1n) is 17.1. The molecule has 1 aliphatic carbocycles. The van der Waals surface area contributed by atoms with Crippen molar-refractivity contribution in [2.45, 2.75) is 63.5 Å². The number of aromatic hydroxyl groups is 1. The standard InChI is InChI=1S/C37H45N5O5S/c43-32-15-12-27(35-34(32)41-37(46)48-35)16-20-38-24-25-10-13-28(14-11-25)39-33(44)19-23-42-21-17-29(18-22-42)47-36(45)40-31-9-5-4-8-30(31)26-6-2-1-3-7-26/h1-9,12,15,25,28-29,38,43H,10-11,13-14,16-24H2,(H,39,44)(H,40,45)(H,41,46). The SMILES string of the molecule is O=C(CCN1CCC(OC(=O)Nc2ccccc2-c2ccccc2)CC1)NC1CCC(CNCCc2ccc(O)c3[nH]c(=O)sc23)CC1. The molecule has 1 aliphatic heterocycles. The monoisotopic (exact) mass is 671 g/mol. The van der Waals surface area contributed by atoms with Crippen LogP contribution in [0.4, 0.5) is 10.5 Å². The van der Waals surface area contributed by atoms with E-state index in [0.717, 1.165) is 110 Å². The summed E-state index contributed by atoms with van der Waals surface area (Å²) in [5.74, 6) is 0.809. The summed E-state index contributed by atoms with van der Waals surface area (Å²) >= 11 is 1.14. The number of rotatable bonds is 12. The van der Waals surface area contributed by atoms with Crippen molar-refractivity contribution in [1.29, 1.82) is 0 Å². The first kappa shape index (κ1) is 33.7. The third-order valence-corrected chi connectivity index (χ3v) is 10.5. The number of phenolic OH excluding ortho intramolecular Hbond substituents is 1. The lowest BCUT2D eigenvalue weighted by molar-refractivity contribution is -0.122. The number of carbonyl (C=O) groups excluding carboxylic acids is 2. The number of carbonyl (C=O) groups is 2. The van der Waals surface area contributed by atoms with Gasteiger partial charge in [-0.25, -0.2) is 4.79 Å². The second-order valence-electron chi connectivity index (χ2n) is 12.9. The average molecular weight is 672 g/mol. The van der Waals surface area contributed by atoms with Crippen molar-refractivity contribution >= 4 is 39.2 Å². The van der Waals surface area contributed by atoms with Crippen molar-refractivity contribution in [1.82, 2.24) is 20.5 Å². The number of H-pyrrole nitrogens is 1. The number of thiazole rings is 1. The Labute approximate surface area is 284 Å². The molecule has 11 heteroatoms. The normalized spacial score (nSPS) is 18.8. The van der Waals surface area contributed by atoms with Crippen LogP contribution in [0.3, 0.4) is 0 Å². The number of phenols is 1. The Hall–Kier alpha value is -4.19. The summed E-state index contributed by atoms with van der Waals surface area (Å²) in [5.41, 5.74) is 4.30. The summed E-state index contributed by atoms with van der Waals surface area (Å²) in [7, 11) is 0. The fourth-order valence-electron chi connectivity index (χ4n) is 6.87. The predicted octanol–water partition coefficient (Wildman–Crippen LogP) is 5.87.